The van der Waals surface area contributed by atoms with Crippen LogP contribution in [-0.4, -0.2) is 59.0 Å². The van der Waals surface area contributed by atoms with E-state index in [0.717, 1.165) is 42.6 Å². The number of rotatable bonds is 2. The number of amides is 1. The quantitative estimate of drug-likeness (QED) is 0.854. The Kier molecular flexibility index (Phi) is 3.86. The minimum Gasteiger partial charge on any atom is -0.353 e. The summed E-state index contributed by atoms with van der Waals surface area (Å²) in [7, 11) is 1.82. The van der Waals surface area contributed by atoms with E-state index in [1.54, 1.807) is 4.57 Å². The molecule has 2 fully saturated rings. The Labute approximate surface area is 140 Å². The second-order valence-corrected chi connectivity index (χ2v) is 6.67. The van der Waals surface area contributed by atoms with Gasteiger partial charge in [-0.25, -0.2) is 0 Å². The van der Waals surface area contributed by atoms with Gasteiger partial charge < -0.3 is 9.88 Å². The summed E-state index contributed by atoms with van der Waals surface area (Å²) in [5.74, 6) is 0.109. The molecule has 0 radical (unpaired) electrons. The fourth-order valence-corrected chi connectivity index (χ4v) is 3.82. The lowest BCUT2D eigenvalue weighted by Crippen LogP contribution is -2.63. The zero-order chi connectivity index (χ0) is 16.7. The molecule has 3 heterocycles. The average Bonchev–Trinajstić information content (AvgIpc) is 2.60. The zero-order valence-electron chi connectivity index (χ0n) is 13.9. The molecule has 1 aromatic heterocycles. The van der Waals surface area contributed by atoms with E-state index in [9.17, 15) is 9.59 Å². The van der Waals surface area contributed by atoms with Gasteiger partial charge in [-0.05, 0) is 17.5 Å². The monoisotopic (exact) mass is 326 g/mol. The number of hydrogen-bond donors (Lipinski definition) is 1. The van der Waals surface area contributed by atoms with Crippen LogP contribution < -0.4 is 10.9 Å². The smallest absolute Gasteiger partial charge is 0.255 e. The van der Waals surface area contributed by atoms with E-state index in [4.69, 9.17) is 0 Å². The Hall–Kier alpha value is -2.18. The number of para-hydroxylation sites is 1. The van der Waals surface area contributed by atoms with Gasteiger partial charge in [0.1, 0.15) is 6.04 Å². The minimum absolute atomic E-state index is 0.0456. The van der Waals surface area contributed by atoms with Gasteiger partial charge in [0.05, 0.1) is 5.52 Å². The molecule has 2 aromatic rings. The number of piperazine rings is 2. The number of fused-ring (bicyclic) bond motifs is 2. The van der Waals surface area contributed by atoms with Crippen molar-refractivity contribution in [3.63, 3.8) is 0 Å². The molecule has 0 bridgehead atoms. The number of carbonyl (C=O) groups is 1. The number of aryl methyl sites for hydroxylation is 1. The van der Waals surface area contributed by atoms with Gasteiger partial charge in [0.25, 0.3) is 5.56 Å². The summed E-state index contributed by atoms with van der Waals surface area (Å²) >= 11 is 0. The molecule has 1 amide bonds. The van der Waals surface area contributed by atoms with Gasteiger partial charge in [-0.15, -0.1) is 0 Å². The molecule has 4 rings (SSSR count). The van der Waals surface area contributed by atoms with Crippen LogP contribution >= 0.6 is 0 Å². The maximum atomic E-state index is 12.7. The average molecular weight is 326 g/mol. The Morgan fingerprint density at radius 1 is 1.17 bits per heavy atom. The van der Waals surface area contributed by atoms with Crippen LogP contribution in [0.2, 0.25) is 0 Å². The first-order chi connectivity index (χ1) is 11.6. The van der Waals surface area contributed by atoms with Crippen LogP contribution in [0.1, 0.15) is 5.56 Å². The van der Waals surface area contributed by atoms with Crippen molar-refractivity contribution >= 4 is 16.8 Å². The maximum Gasteiger partial charge on any atom is 0.255 e. The molecule has 2 aliphatic heterocycles. The van der Waals surface area contributed by atoms with Gasteiger partial charge in [0.2, 0.25) is 5.91 Å². The van der Waals surface area contributed by atoms with Gasteiger partial charge >= 0.3 is 0 Å². The van der Waals surface area contributed by atoms with Crippen molar-refractivity contribution in [3.05, 3.63) is 46.2 Å². The molecule has 1 N–H and O–H groups in total. The van der Waals surface area contributed by atoms with E-state index in [1.807, 2.05) is 37.4 Å². The molecule has 1 atom stereocenters. The van der Waals surface area contributed by atoms with Crippen LogP contribution in [0.25, 0.3) is 10.9 Å². The lowest BCUT2D eigenvalue weighted by molar-refractivity contribution is -0.131. The highest BCUT2D eigenvalue weighted by Gasteiger charge is 2.34. The van der Waals surface area contributed by atoms with E-state index in [-0.39, 0.29) is 17.5 Å². The van der Waals surface area contributed by atoms with Crippen LogP contribution in [0.4, 0.5) is 0 Å². The predicted molar refractivity (Wildman–Crippen MR) is 92.8 cm³/mol. The van der Waals surface area contributed by atoms with E-state index in [0.29, 0.717) is 13.1 Å². The van der Waals surface area contributed by atoms with Gasteiger partial charge in [-0.2, -0.15) is 0 Å². The van der Waals surface area contributed by atoms with E-state index >= 15 is 0 Å². The summed E-state index contributed by atoms with van der Waals surface area (Å²) in [6.45, 7) is 4.70. The lowest BCUT2D eigenvalue weighted by atomic mass is 10.1. The van der Waals surface area contributed by atoms with Crippen LogP contribution in [0.15, 0.2) is 35.1 Å². The van der Waals surface area contributed by atoms with E-state index in [2.05, 4.69) is 15.1 Å². The third-order valence-corrected chi connectivity index (χ3v) is 5.18. The highest BCUT2D eigenvalue weighted by molar-refractivity contribution is 5.83. The van der Waals surface area contributed by atoms with Crippen molar-refractivity contribution in [3.8, 4) is 0 Å². The first kappa shape index (κ1) is 15.4. The van der Waals surface area contributed by atoms with Crippen molar-refractivity contribution in [2.24, 2.45) is 7.05 Å². The van der Waals surface area contributed by atoms with E-state index < -0.39 is 0 Å². The highest BCUT2D eigenvalue weighted by atomic mass is 16.2. The van der Waals surface area contributed by atoms with Gasteiger partial charge in [0.15, 0.2) is 0 Å². The summed E-state index contributed by atoms with van der Waals surface area (Å²) in [4.78, 5) is 29.2. The third kappa shape index (κ3) is 2.61. The lowest BCUT2D eigenvalue weighted by Gasteiger charge is -2.43. The summed E-state index contributed by atoms with van der Waals surface area (Å²) in [6.07, 6.45) is 0. The standard InChI is InChI=1S/C18H22N4O2/c1-20-15-5-3-2-4-13(15)10-14(18(20)24)11-21-8-9-22-7-6-19-17(23)16(22)12-21/h2-5,10,16H,6-9,11-12H2,1H3,(H,19,23). The molecule has 6 nitrogen and oxygen atoms in total. The van der Waals surface area contributed by atoms with Gasteiger partial charge in [-0.3, -0.25) is 19.4 Å². The number of aromatic nitrogens is 1. The third-order valence-electron chi connectivity index (χ3n) is 5.18. The van der Waals surface area contributed by atoms with Crippen LogP contribution in [0.5, 0.6) is 0 Å². The molecule has 6 heteroatoms. The molecule has 24 heavy (non-hydrogen) atoms. The number of benzene rings is 1. The highest BCUT2D eigenvalue weighted by Crippen LogP contribution is 2.17. The van der Waals surface area contributed by atoms with E-state index in [1.165, 1.54) is 0 Å². The fourth-order valence-electron chi connectivity index (χ4n) is 3.82. The summed E-state index contributed by atoms with van der Waals surface area (Å²) in [5.41, 5.74) is 1.79. The van der Waals surface area contributed by atoms with Crippen molar-refractivity contribution in [2.75, 3.05) is 32.7 Å². The molecule has 1 unspecified atom stereocenters. The first-order valence-corrected chi connectivity index (χ1v) is 8.45. The molecular weight excluding hydrogens is 304 g/mol. The van der Waals surface area contributed by atoms with Gasteiger partial charge in [0, 0.05) is 51.9 Å². The Bertz CT molecular complexity index is 845. The Balaban J connectivity index is 1.59. The summed E-state index contributed by atoms with van der Waals surface area (Å²) < 4.78 is 1.72. The number of nitrogens with one attached hydrogen (secondary N) is 1. The minimum atomic E-state index is -0.0863. The molecular formula is C18H22N4O2. The zero-order valence-corrected chi connectivity index (χ0v) is 13.9. The number of carbonyl (C=O) groups excluding carboxylic acids is 1. The van der Waals surface area contributed by atoms with Crippen LogP contribution in [0.3, 0.4) is 0 Å². The second kappa shape index (κ2) is 6.03. The Morgan fingerprint density at radius 2 is 2.00 bits per heavy atom. The van der Waals surface area contributed by atoms with Crippen molar-refractivity contribution < 1.29 is 4.79 Å². The molecule has 0 saturated carbocycles. The second-order valence-electron chi connectivity index (χ2n) is 6.67. The molecule has 2 saturated heterocycles. The molecule has 1 aromatic carbocycles. The molecule has 2 aliphatic rings. The summed E-state index contributed by atoms with van der Waals surface area (Å²) in [6, 6.07) is 9.84. The van der Waals surface area contributed by atoms with Crippen molar-refractivity contribution in [1.29, 1.82) is 0 Å². The van der Waals surface area contributed by atoms with Crippen molar-refractivity contribution in [2.45, 2.75) is 12.6 Å². The molecule has 126 valence electrons. The molecule has 0 spiro atoms. The maximum absolute atomic E-state index is 12.7. The predicted octanol–water partition coefficient (Wildman–Crippen LogP) is 0.155. The van der Waals surface area contributed by atoms with Crippen molar-refractivity contribution in [1.82, 2.24) is 19.7 Å². The Morgan fingerprint density at radius 3 is 2.88 bits per heavy atom. The number of pyridine rings is 1. The SMILES string of the molecule is Cn1c(=O)c(CN2CCN3CCNC(=O)C3C2)cc2ccccc21. The first-order valence-electron chi connectivity index (χ1n) is 8.45. The largest absolute Gasteiger partial charge is 0.353 e. The molecule has 0 aliphatic carbocycles. The van der Waals surface area contributed by atoms with Crippen LogP contribution in [0, 0.1) is 0 Å². The number of nitrogens with zero attached hydrogens (tertiary/aromatic N) is 3. The van der Waals surface area contributed by atoms with Crippen LogP contribution in [-0.2, 0) is 18.4 Å². The fraction of sp³-hybridized carbons (Fsp3) is 0.444. The summed E-state index contributed by atoms with van der Waals surface area (Å²) in [5, 5.41) is 4.01. The van der Waals surface area contributed by atoms with Gasteiger partial charge in [-0.1, -0.05) is 18.2 Å². The normalized spacial score (nSPS) is 22.4. The topological polar surface area (TPSA) is 57.6 Å². The number of hydrogen-bond acceptors (Lipinski definition) is 4.